The summed E-state index contributed by atoms with van der Waals surface area (Å²) in [6.07, 6.45) is 0.332. The van der Waals surface area contributed by atoms with Gasteiger partial charge in [-0.2, -0.15) is 0 Å². The maximum Gasteiger partial charge on any atom is 0.307 e. The van der Waals surface area contributed by atoms with Gasteiger partial charge in [-0.25, -0.2) is 0 Å². The molecule has 0 saturated heterocycles. The van der Waals surface area contributed by atoms with Crippen molar-refractivity contribution in [2.75, 3.05) is 0 Å². The van der Waals surface area contributed by atoms with Crippen LogP contribution in [0.2, 0.25) is 0 Å². The number of hydrogen-bond donors (Lipinski definition) is 2. The summed E-state index contributed by atoms with van der Waals surface area (Å²) in [4.78, 5) is 11.7. The van der Waals surface area contributed by atoms with Gasteiger partial charge in [-0.1, -0.05) is 24.3 Å². The zero-order valence-electron chi connectivity index (χ0n) is 12.8. The maximum atomic E-state index is 11.7. The van der Waals surface area contributed by atoms with E-state index in [-0.39, 0.29) is 18.6 Å². The third-order valence-electron chi connectivity index (χ3n) is 2.82. The summed E-state index contributed by atoms with van der Waals surface area (Å²) in [5.74, 6) is -0.201. The van der Waals surface area contributed by atoms with Gasteiger partial charge in [0, 0.05) is 12.6 Å². The third kappa shape index (κ3) is 6.17. The molecule has 112 valence electrons. The summed E-state index contributed by atoms with van der Waals surface area (Å²) in [6, 6.07) is 7.74. The van der Waals surface area contributed by atoms with Gasteiger partial charge < -0.3 is 15.2 Å². The first-order valence-corrected chi connectivity index (χ1v) is 6.94. The predicted molar refractivity (Wildman–Crippen MR) is 79.1 cm³/mol. The van der Waals surface area contributed by atoms with Gasteiger partial charge in [0.15, 0.2) is 0 Å². The lowest BCUT2D eigenvalue weighted by atomic mass is 10.1. The van der Waals surface area contributed by atoms with Crippen molar-refractivity contribution in [2.24, 2.45) is 0 Å². The molecule has 4 nitrogen and oxygen atoms in total. The molecule has 1 rings (SSSR count). The molecule has 1 aromatic rings. The minimum atomic E-state index is -0.444. The van der Waals surface area contributed by atoms with Crippen LogP contribution in [0.3, 0.4) is 0 Å². The van der Waals surface area contributed by atoms with E-state index in [0.717, 1.165) is 11.1 Å². The van der Waals surface area contributed by atoms with Gasteiger partial charge in [-0.15, -0.1) is 0 Å². The highest BCUT2D eigenvalue weighted by Crippen LogP contribution is 2.11. The van der Waals surface area contributed by atoms with Gasteiger partial charge in [0.2, 0.25) is 0 Å². The van der Waals surface area contributed by atoms with Crippen molar-refractivity contribution in [1.29, 1.82) is 0 Å². The smallest absolute Gasteiger partial charge is 0.307 e. The number of ether oxygens (including phenoxy) is 1. The van der Waals surface area contributed by atoms with Gasteiger partial charge in [-0.05, 0) is 38.8 Å². The third-order valence-corrected chi connectivity index (χ3v) is 2.82. The number of carbonyl (C=O) groups is 1. The van der Waals surface area contributed by atoms with Gasteiger partial charge in [0.1, 0.15) is 5.60 Å². The van der Waals surface area contributed by atoms with Crippen LogP contribution in [0.4, 0.5) is 0 Å². The molecule has 0 bridgehead atoms. The average Bonchev–Trinajstić information content (AvgIpc) is 2.34. The molecule has 0 spiro atoms. The Morgan fingerprint density at radius 2 is 1.90 bits per heavy atom. The zero-order chi connectivity index (χ0) is 15.2. The van der Waals surface area contributed by atoms with E-state index in [9.17, 15) is 9.90 Å². The van der Waals surface area contributed by atoms with Crippen molar-refractivity contribution < 1.29 is 14.6 Å². The number of rotatable bonds is 6. The van der Waals surface area contributed by atoms with E-state index in [2.05, 4.69) is 5.32 Å². The van der Waals surface area contributed by atoms with Crippen LogP contribution in [0.25, 0.3) is 0 Å². The topological polar surface area (TPSA) is 58.6 Å². The van der Waals surface area contributed by atoms with E-state index in [4.69, 9.17) is 4.74 Å². The number of aliphatic hydroxyl groups excluding tert-OH is 1. The van der Waals surface area contributed by atoms with Crippen LogP contribution in [0.5, 0.6) is 0 Å². The van der Waals surface area contributed by atoms with Crippen LogP contribution in [-0.2, 0) is 22.7 Å². The van der Waals surface area contributed by atoms with Gasteiger partial charge in [-0.3, -0.25) is 4.79 Å². The summed E-state index contributed by atoms with van der Waals surface area (Å²) in [5, 5.41) is 12.5. The van der Waals surface area contributed by atoms with E-state index >= 15 is 0 Å². The average molecular weight is 279 g/mol. The fourth-order valence-corrected chi connectivity index (χ4v) is 1.87. The second kappa shape index (κ2) is 7.41. The quantitative estimate of drug-likeness (QED) is 0.785. The molecule has 1 aromatic carbocycles. The Kier molecular flexibility index (Phi) is 6.17. The highest BCUT2D eigenvalue weighted by atomic mass is 16.6. The molecule has 0 aliphatic heterocycles. The highest BCUT2D eigenvalue weighted by molar-refractivity contribution is 5.70. The molecule has 0 amide bonds. The molecule has 4 heteroatoms. The second-order valence-corrected chi connectivity index (χ2v) is 6.00. The van der Waals surface area contributed by atoms with Crippen LogP contribution in [-0.4, -0.2) is 22.7 Å². The summed E-state index contributed by atoms with van der Waals surface area (Å²) in [7, 11) is 0. The van der Waals surface area contributed by atoms with Crippen molar-refractivity contribution in [2.45, 2.75) is 58.9 Å². The summed E-state index contributed by atoms with van der Waals surface area (Å²) in [6.45, 7) is 8.19. The Labute approximate surface area is 121 Å². The van der Waals surface area contributed by atoms with Crippen LogP contribution in [0.15, 0.2) is 24.3 Å². The van der Waals surface area contributed by atoms with Crippen LogP contribution in [0, 0.1) is 0 Å². The number of esters is 1. The molecule has 1 atom stereocenters. The van der Waals surface area contributed by atoms with Crippen molar-refractivity contribution in [3.63, 3.8) is 0 Å². The Hall–Kier alpha value is -1.39. The SMILES string of the molecule is CC(CC(=O)OC(C)(C)C)NCc1ccccc1CO. The van der Waals surface area contributed by atoms with Crippen LogP contribution < -0.4 is 5.32 Å². The highest BCUT2D eigenvalue weighted by Gasteiger charge is 2.18. The fourth-order valence-electron chi connectivity index (χ4n) is 1.87. The Morgan fingerprint density at radius 1 is 1.30 bits per heavy atom. The zero-order valence-corrected chi connectivity index (χ0v) is 12.8. The van der Waals surface area contributed by atoms with E-state index in [0.29, 0.717) is 13.0 Å². The number of nitrogens with one attached hydrogen (secondary N) is 1. The summed E-state index contributed by atoms with van der Waals surface area (Å²) >= 11 is 0. The molecule has 0 aliphatic rings. The molecule has 20 heavy (non-hydrogen) atoms. The first-order chi connectivity index (χ1) is 9.31. The summed E-state index contributed by atoms with van der Waals surface area (Å²) in [5.41, 5.74) is 1.51. The molecule has 0 radical (unpaired) electrons. The predicted octanol–water partition coefficient (Wildman–Crippen LogP) is 2.39. The van der Waals surface area contributed by atoms with E-state index in [1.165, 1.54) is 0 Å². The number of benzene rings is 1. The van der Waals surface area contributed by atoms with Crippen molar-refractivity contribution in [1.82, 2.24) is 5.32 Å². The van der Waals surface area contributed by atoms with Gasteiger partial charge in [0.05, 0.1) is 13.0 Å². The first kappa shape index (κ1) is 16.7. The lowest BCUT2D eigenvalue weighted by molar-refractivity contribution is -0.155. The van der Waals surface area contributed by atoms with Crippen molar-refractivity contribution >= 4 is 5.97 Å². The first-order valence-electron chi connectivity index (χ1n) is 6.94. The van der Waals surface area contributed by atoms with Crippen LogP contribution >= 0.6 is 0 Å². The lowest BCUT2D eigenvalue weighted by Gasteiger charge is -2.21. The van der Waals surface area contributed by atoms with Crippen molar-refractivity contribution in [3.05, 3.63) is 35.4 Å². The maximum absolute atomic E-state index is 11.7. The molecular formula is C16H25NO3. The molecule has 0 aromatic heterocycles. The second-order valence-electron chi connectivity index (χ2n) is 6.00. The van der Waals surface area contributed by atoms with Gasteiger partial charge >= 0.3 is 5.97 Å². The molecule has 0 aliphatic carbocycles. The number of aliphatic hydroxyl groups is 1. The number of hydrogen-bond acceptors (Lipinski definition) is 4. The normalized spacial score (nSPS) is 13.1. The molecule has 0 fully saturated rings. The monoisotopic (exact) mass is 279 g/mol. The van der Waals surface area contributed by atoms with E-state index in [1.807, 2.05) is 52.0 Å². The fraction of sp³-hybridized carbons (Fsp3) is 0.562. The molecule has 1 unspecified atom stereocenters. The molecule has 2 N–H and O–H groups in total. The molecule has 0 heterocycles. The largest absolute Gasteiger partial charge is 0.460 e. The Morgan fingerprint density at radius 3 is 2.45 bits per heavy atom. The molecule has 0 saturated carbocycles. The minimum Gasteiger partial charge on any atom is -0.460 e. The lowest BCUT2D eigenvalue weighted by Crippen LogP contribution is -2.32. The summed E-state index contributed by atoms with van der Waals surface area (Å²) < 4.78 is 5.29. The minimum absolute atomic E-state index is 0.0246. The Bertz CT molecular complexity index is 438. The van der Waals surface area contributed by atoms with E-state index < -0.39 is 5.60 Å². The van der Waals surface area contributed by atoms with Crippen molar-refractivity contribution in [3.8, 4) is 0 Å². The standard InChI is InChI=1S/C16H25NO3/c1-12(9-15(19)20-16(2,3)4)17-10-13-7-5-6-8-14(13)11-18/h5-8,12,17-18H,9-11H2,1-4H3. The van der Waals surface area contributed by atoms with Crippen LogP contribution in [0.1, 0.15) is 45.2 Å². The number of carbonyl (C=O) groups excluding carboxylic acids is 1. The Balaban J connectivity index is 2.43. The van der Waals surface area contributed by atoms with Gasteiger partial charge in [0.25, 0.3) is 0 Å². The van der Waals surface area contributed by atoms with E-state index in [1.54, 1.807) is 0 Å². The molecular weight excluding hydrogens is 254 g/mol.